The van der Waals surface area contributed by atoms with Crippen LogP contribution in [-0.2, 0) is 4.79 Å². The standard InChI is InChI=1S/C8H16N2O/c1-6-3-4-10(7(2)11)8(6)5-9/h6,8H,3-5,9H2,1-2H3. The topological polar surface area (TPSA) is 46.3 Å². The third-order valence-corrected chi connectivity index (χ3v) is 2.53. The molecule has 3 heteroatoms. The van der Waals surface area contributed by atoms with Crippen molar-refractivity contribution >= 4 is 5.91 Å². The van der Waals surface area contributed by atoms with E-state index >= 15 is 0 Å². The molecule has 0 aromatic carbocycles. The molecule has 1 rings (SSSR count). The molecule has 0 aromatic rings. The Morgan fingerprint density at radius 2 is 2.36 bits per heavy atom. The molecule has 2 N–H and O–H groups in total. The van der Waals surface area contributed by atoms with Crippen LogP contribution in [0.15, 0.2) is 0 Å². The van der Waals surface area contributed by atoms with Crippen LogP contribution in [0.5, 0.6) is 0 Å². The highest BCUT2D eigenvalue weighted by Gasteiger charge is 2.31. The van der Waals surface area contributed by atoms with Gasteiger partial charge in [0.1, 0.15) is 0 Å². The molecule has 0 radical (unpaired) electrons. The predicted molar refractivity (Wildman–Crippen MR) is 44.0 cm³/mol. The van der Waals surface area contributed by atoms with Gasteiger partial charge in [-0.2, -0.15) is 0 Å². The number of nitrogens with zero attached hydrogens (tertiary/aromatic N) is 1. The number of hydrogen-bond donors (Lipinski definition) is 1. The average Bonchev–Trinajstić information content (AvgIpc) is 2.30. The van der Waals surface area contributed by atoms with Crippen molar-refractivity contribution in [3.63, 3.8) is 0 Å². The monoisotopic (exact) mass is 156 g/mol. The molecule has 64 valence electrons. The second kappa shape index (κ2) is 3.22. The van der Waals surface area contributed by atoms with E-state index in [4.69, 9.17) is 5.73 Å². The van der Waals surface area contributed by atoms with Gasteiger partial charge in [0, 0.05) is 26.1 Å². The first-order valence-corrected chi connectivity index (χ1v) is 4.14. The lowest BCUT2D eigenvalue weighted by atomic mass is 10.0. The van der Waals surface area contributed by atoms with Gasteiger partial charge in [0.25, 0.3) is 0 Å². The number of likely N-dealkylation sites (tertiary alicyclic amines) is 1. The Labute approximate surface area is 67.5 Å². The molecule has 11 heavy (non-hydrogen) atoms. The van der Waals surface area contributed by atoms with E-state index in [1.54, 1.807) is 6.92 Å². The smallest absolute Gasteiger partial charge is 0.219 e. The summed E-state index contributed by atoms with van der Waals surface area (Å²) in [5.74, 6) is 0.730. The summed E-state index contributed by atoms with van der Waals surface area (Å²) < 4.78 is 0. The third-order valence-electron chi connectivity index (χ3n) is 2.53. The summed E-state index contributed by atoms with van der Waals surface area (Å²) in [5.41, 5.74) is 5.56. The number of nitrogens with two attached hydrogens (primary N) is 1. The Hall–Kier alpha value is -0.570. The fourth-order valence-corrected chi connectivity index (χ4v) is 1.76. The fraction of sp³-hybridized carbons (Fsp3) is 0.875. The van der Waals surface area contributed by atoms with Crippen molar-refractivity contribution in [2.45, 2.75) is 26.3 Å². The van der Waals surface area contributed by atoms with Crippen molar-refractivity contribution < 1.29 is 4.79 Å². The minimum absolute atomic E-state index is 0.157. The van der Waals surface area contributed by atoms with Gasteiger partial charge >= 0.3 is 0 Å². The van der Waals surface area contributed by atoms with Crippen molar-refractivity contribution in [2.24, 2.45) is 11.7 Å². The molecule has 0 aliphatic carbocycles. The molecule has 1 heterocycles. The Kier molecular flexibility index (Phi) is 2.49. The molecule has 0 bridgehead atoms. The first-order chi connectivity index (χ1) is 5.16. The highest BCUT2D eigenvalue weighted by atomic mass is 16.2. The van der Waals surface area contributed by atoms with Gasteiger partial charge in [0.15, 0.2) is 0 Å². The van der Waals surface area contributed by atoms with Crippen LogP contribution in [-0.4, -0.2) is 29.9 Å². The summed E-state index contributed by atoms with van der Waals surface area (Å²) >= 11 is 0. The summed E-state index contributed by atoms with van der Waals surface area (Å²) in [6.45, 7) is 5.25. The number of hydrogen-bond acceptors (Lipinski definition) is 2. The highest BCUT2D eigenvalue weighted by molar-refractivity contribution is 5.74. The maximum atomic E-state index is 11.0. The van der Waals surface area contributed by atoms with Gasteiger partial charge in [0.05, 0.1) is 0 Å². The summed E-state index contributed by atoms with van der Waals surface area (Å²) in [6, 6.07) is 0.285. The number of carbonyl (C=O) groups is 1. The molecule has 1 aliphatic rings. The van der Waals surface area contributed by atoms with E-state index in [9.17, 15) is 4.79 Å². The zero-order valence-corrected chi connectivity index (χ0v) is 7.21. The summed E-state index contributed by atoms with van der Waals surface area (Å²) in [7, 11) is 0. The van der Waals surface area contributed by atoms with E-state index in [1.807, 2.05) is 4.90 Å². The highest BCUT2D eigenvalue weighted by Crippen LogP contribution is 2.22. The van der Waals surface area contributed by atoms with Crippen molar-refractivity contribution in [3.8, 4) is 0 Å². The molecule has 1 amide bonds. The summed E-state index contributed by atoms with van der Waals surface area (Å²) in [6.07, 6.45) is 1.10. The second-order valence-corrected chi connectivity index (χ2v) is 3.28. The second-order valence-electron chi connectivity index (χ2n) is 3.28. The Balaban J connectivity index is 2.61. The van der Waals surface area contributed by atoms with Crippen molar-refractivity contribution in [1.82, 2.24) is 4.90 Å². The van der Waals surface area contributed by atoms with Gasteiger partial charge in [-0.1, -0.05) is 6.92 Å². The van der Waals surface area contributed by atoms with Gasteiger partial charge < -0.3 is 10.6 Å². The molecule has 1 fully saturated rings. The SMILES string of the molecule is CC(=O)N1CCC(C)C1CN. The van der Waals surface area contributed by atoms with Crippen LogP contribution >= 0.6 is 0 Å². The molecule has 1 saturated heterocycles. The van der Waals surface area contributed by atoms with Crippen LogP contribution in [0.4, 0.5) is 0 Å². The zero-order chi connectivity index (χ0) is 8.43. The van der Waals surface area contributed by atoms with Crippen LogP contribution in [0.1, 0.15) is 20.3 Å². The van der Waals surface area contributed by atoms with E-state index in [1.165, 1.54) is 0 Å². The molecular weight excluding hydrogens is 140 g/mol. The predicted octanol–water partition coefficient (Wildman–Crippen LogP) is 0.202. The summed E-state index contributed by atoms with van der Waals surface area (Å²) in [4.78, 5) is 12.9. The van der Waals surface area contributed by atoms with Crippen molar-refractivity contribution in [3.05, 3.63) is 0 Å². The Bertz CT molecular complexity index is 158. The first-order valence-electron chi connectivity index (χ1n) is 4.14. The maximum absolute atomic E-state index is 11.0. The average molecular weight is 156 g/mol. The first kappa shape index (κ1) is 8.53. The van der Waals surface area contributed by atoms with E-state index in [0.29, 0.717) is 12.5 Å². The molecule has 0 aromatic heterocycles. The minimum atomic E-state index is 0.157. The quantitative estimate of drug-likeness (QED) is 0.589. The Morgan fingerprint density at radius 1 is 1.73 bits per heavy atom. The lowest BCUT2D eigenvalue weighted by Gasteiger charge is -2.24. The van der Waals surface area contributed by atoms with E-state index in [-0.39, 0.29) is 11.9 Å². The van der Waals surface area contributed by atoms with Crippen LogP contribution in [0.3, 0.4) is 0 Å². The van der Waals surface area contributed by atoms with Gasteiger partial charge in [-0.05, 0) is 12.3 Å². The third kappa shape index (κ3) is 1.53. The van der Waals surface area contributed by atoms with Crippen LogP contribution in [0.25, 0.3) is 0 Å². The Morgan fingerprint density at radius 3 is 2.73 bits per heavy atom. The molecule has 0 spiro atoms. The lowest BCUT2D eigenvalue weighted by Crippen LogP contribution is -2.40. The normalized spacial score (nSPS) is 31.0. The van der Waals surface area contributed by atoms with E-state index < -0.39 is 0 Å². The number of rotatable bonds is 1. The van der Waals surface area contributed by atoms with Gasteiger partial charge in [-0.15, -0.1) is 0 Å². The number of carbonyl (C=O) groups excluding carboxylic acids is 1. The maximum Gasteiger partial charge on any atom is 0.219 e. The summed E-state index contributed by atoms with van der Waals surface area (Å²) in [5, 5.41) is 0. The molecule has 2 atom stereocenters. The molecular formula is C8H16N2O. The zero-order valence-electron chi connectivity index (χ0n) is 7.21. The molecule has 2 unspecified atom stereocenters. The van der Waals surface area contributed by atoms with Gasteiger partial charge in [-0.3, -0.25) is 4.79 Å². The van der Waals surface area contributed by atoms with E-state index in [2.05, 4.69) is 6.92 Å². The van der Waals surface area contributed by atoms with Gasteiger partial charge in [-0.25, -0.2) is 0 Å². The van der Waals surface area contributed by atoms with Crippen LogP contribution in [0, 0.1) is 5.92 Å². The number of amides is 1. The van der Waals surface area contributed by atoms with Crippen molar-refractivity contribution in [2.75, 3.05) is 13.1 Å². The fourth-order valence-electron chi connectivity index (χ4n) is 1.76. The van der Waals surface area contributed by atoms with Gasteiger partial charge in [0.2, 0.25) is 5.91 Å². The molecule has 3 nitrogen and oxygen atoms in total. The van der Waals surface area contributed by atoms with Crippen LogP contribution in [0.2, 0.25) is 0 Å². The largest absolute Gasteiger partial charge is 0.338 e. The van der Waals surface area contributed by atoms with Crippen molar-refractivity contribution in [1.29, 1.82) is 0 Å². The van der Waals surface area contributed by atoms with E-state index in [0.717, 1.165) is 13.0 Å². The minimum Gasteiger partial charge on any atom is -0.338 e. The van der Waals surface area contributed by atoms with Crippen LogP contribution < -0.4 is 5.73 Å². The lowest BCUT2D eigenvalue weighted by molar-refractivity contribution is -0.129. The molecule has 1 aliphatic heterocycles. The molecule has 0 saturated carbocycles.